The lowest BCUT2D eigenvalue weighted by Crippen LogP contribution is -2.25. The number of amides is 1. The number of carbonyl (C=O) groups is 1. The average Bonchev–Trinajstić information content (AvgIpc) is 3.20. The monoisotopic (exact) mass is 435 g/mol. The molecule has 0 fully saturated rings. The summed E-state index contributed by atoms with van der Waals surface area (Å²) < 4.78 is 8.20. The van der Waals surface area contributed by atoms with Gasteiger partial charge in [0.1, 0.15) is 10.3 Å². The van der Waals surface area contributed by atoms with E-state index in [1.807, 2.05) is 36.4 Å². The van der Waals surface area contributed by atoms with E-state index in [-0.39, 0.29) is 11.5 Å². The molecule has 0 radical (unpaired) electrons. The first kappa shape index (κ1) is 21.1. The largest absolute Gasteiger partial charge is 0.494 e. The van der Waals surface area contributed by atoms with E-state index in [9.17, 15) is 9.59 Å². The Kier molecular flexibility index (Phi) is 6.32. The van der Waals surface area contributed by atoms with Crippen molar-refractivity contribution in [2.45, 2.75) is 32.7 Å². The van der Waals surface area contributed by atoms with E-state index in [0.717, 1.165) is 34.0 Å². The van der Waals surface area contributed by atoms with Crippen molar-refractivity contribution >= 4 is 38.2 Å². The summed E-state index contributed by atoms with van der Waals surface area (Å²) in [5.41, 5.74) is 1.83. The number of rotatable bonds is 8. The maximum Gasteiger partial charge on any atom is 0.265 e. The molecule has 1 aromatic carbocycles. The molecule has 0 spiro atoms. The number of aromatic nitrogens is 2. The van der Waals surface area contributed by atoms with Gasteiger partial charge in [-0.1, -0.05) is 37.6 Å². The second kappa shape index (κ2) is 9.31. The van der Waals surface area contributed by atoms with Gasteiger partial charge in [-0.2, -0.15) is 0 Å². The number of pyridine rings is 2. The Hall–Kier alpha value is -3.19. The average molecular weight is 436 g/mol. The van der Waals surface area contributed by atoms with Gasteiger partial charge in [0.2, 0.25) is 0 Å². The topological polar surface area (TPSA) is 73.2 Å². The molecule has 1 N–H and O–H groups in total. The number of carbonyl (C=O) groups excluding carboxylic acids is 1. The molecular formula is C24H25N3O3S. The molecule has 31 heavy (non-hydrogen) atoms. The van der Waals surface area contributed by atoms with Crippen LogP contribution in [0.2, 0.25) is 0 Å². The summed E-state index contributed by atoms with van der Waals surface area (Å²) in [5, 5.41) is 4.40. The number of benzene rings is 1. The summed E-state index contributed by atoms with van der Waals surface area (Å²) in [6.07, 6.45) is 6.09. The van der Waals surface area contributed by atoms with Gasteiger partial charge in [0, 0.05) is 30.9 Å². The summed E-state index contributed by atoms with van der Waals surface area (Å²) in [5.74, 6) is 0.130. The number of hydrogen-bond acceptors (Lipinski definition) is 5. The standard InChI is InChI=1S/C24H25N3O3S/c1-3-4-14-27-18-10-6-5-9-17(18)21-19(24(27)29)20(30-2)22(31-21)23(28)26-13-11-16-8-7-12-25-15-16/h5-10,12,15H,3-4,11,13-14H2,1-2H3,(H,26,28). The fourth-order valence-corrected chi connectivity index (χ4v) is 4.99. The van der Waals surface area contributed by atoms with Gasteiger partial charge in [-0.05, 0) is 30.5 Å². The Morgan fingerprint density at radius 2 is 2.06 bits per heavy atom. The van der Waals surface area contributed by atoms with E-state index in [4.69, 9.17) is 4.74 Å². The van der Waals surface area contributed by atoms with E-state index in [2.05, 4.69) is 17.2 Å². The van der Waals surface area contributed by atoms with E-state index >= 15 is 0 Å². The fraction of sp³-hybridized carbons (Fsp3) is 0.292. The Balaban J connectivity index is 1.74. The van der Waals surface area contributed by atoms with Gasteiger partial charge in [-0.3, -0.25) is 14.6 Å². The van der Waals surface area contributed by atoms with Crippen molar-refractivity contribution in [2.75, 3.05) is 13.7 Å². The third-order valence-electron chi connectivity index (χ3n) is 5.33. The highest BCUT2D eigenvalue weighted by Crippen LogP contribution is 2.39. The molecule has 0 saturated heterocycles. The maximum atomic E-state index is 13.4. The molecule has 0 aliphatic rings. The molecule has 160 valence electrons. The van der Waals surface area contributed by atoms with Gasteiger partial charge >= 0.3 is 0 Å². The summed E-state index contributed by atoms with van der Waals surface area (Å²) in [7, 11) is 1.51. The summed E-state index contributed by atoms with van der Waals surface area (Å²) in [6, 6.07) is 11.7. The van der Waals surface area contributed by atoms with E-state index in [0.29, 0.717) is 35.5 Å². The number of nitrogens with zero attached hydrogens (tertiary/aromatic N) is 2. The van der Waals surface area contributed by atoms with Crippen LogP contribution in [-0.4, -0.2) is 29.1 Å². The number of nitrogens with one attached hydrogen (secondary N) is 1. The van der Waals surface area contributed by atoms with Gasteiger partial charge in [-0.25, -0.2) is 0 Å². The molecule has 4 aromatic rings. The van der Waals surface area contributed by atoms with E-state index in [1.54, 1.807) is 17.0 Å². The van der Waals surface area contributed by atoms with E-state index in [1.165, 1.54) is 18.4 Å². The van der Waals surface area contributed by atoms with Crippen molar-refractivity contribution in [2.24, 2.45) is 0 Å². The molecule has 6 nitrogen and oxygen atoms in total. The number of para-hydroxylation sites is 1. The van der Waals surface area contributed by atoms with Crippen LogP contribution in [-0.2, 0) is 13.0 Å². The highest BCUT2D eigenvalue weighted by Gasteiger charge is 2.24. The van der Waals surface area contributed by atoms with Gasteiger partial charge < -0.3 is 14.6 Å². The number of ether oxygens (including phenoxy) is 1. The van der Waals surface area contributed by atoms with Crippen molar-refractivity contribution in [3.8, 4) is 5.75 Å². The van der Waals surface area contributed by atoms with Crippen LogP contribution in [0.15, 0.2) is 53.6 Å². The van der Waals surface area contributed by atoms with Crippen LogP contribution in [0.5, 0.6) is 5.75 Å². The zero-order chi connectivity index (χ0) is 21.8. The van der Waals surface area contributed by atoms with E-state index < -0.39 is 0 Å². The Labute approximate surface area is 184 Å². The number of thiophene rings is 1. The van der Waals surface area contributed by atoms with Crippen molar-refractivity contribution in [1.29, 1.82) is 0 Å². The van der Waals surface area contributed by atoms with Crippen LogP contribution < -0.4 is 15.6 Å². The summed E-state index contributed by atoms with van der Waals surface area (Å²) in [4.78, 5) is 30.9. The zero-order valence-corrected chi connectivity index (χ0v) is 18.5. The molecule has 0 aliphatic heterocycles. The Morgan fingerprint density at radius 1 is 1.23 bits per heavy atom. The van der Waals surface area contributed by atoms with Gasteiger partial charge in [0.25, 0.3) is 11.5 Å². The number of methoxy groups -OCH3 is 1. The summed E-state index contributed by atoms with van der Waals surface area (Å²) >= 11 is 1.32. The smallest absolute Gasteiger partial charge is 0.265 e. The maximum absolute atomic E-state index is 13.4. The molecule has 0 saturated carbocycles. The SMILES string of the molecule is CCCCn1c(=O)c2c(OC)c(C(=O)NCCc3cccnc3)sc2c2ccccc21. The van der Waals surface area contributed by atoms with Crippen molar-refractivity contribution in [3.63, 3.8) is 0 Å². The molecule has 3 aromatic heterocycles. The molecular weight excluding hydrogens is 410 g/mol. The van der Waals surface area contributed by atoms with Gasteiger partial charge in [-0.15, -0.1) is 11.3 Å². The molecule has 0 atom stereocenters. The first-order valence-corrected chi connectivity index (χ1v) is 11.3. The minimum Gasteiger partial charge on any atom is -0.494 e. The summed E-state index contributed by atoms with van der Waals surface area (Å²) in [6.45, 7) is 3.21. The minimum atomic E-state index is -0.231. The lowest BCUT2D eigenvalue weighted by atomic mass is 10.1. The van der Waals surface area contributed by atoms with Crippen LogP contribution in [0, 0.1) is 0 Å². The minimum absolute atomic E-state index is 0.107. The normalized spacial score (nSPS) is 11.2. The number of fused-ring (bicyclic) bond motifs is 3. The Bertz CT molecular complexity index is 1280. The van der Waals surface area contributed by atoms with Gasteiger partial charge in [0.15, 0.2) is 5.75 Å². The number of hydrogen-bond donors (Lipinski definition) is 1. The predicted octanol–water partition coefficient (Wildman–Crippen LogP) is 4.39. The first-order chi connectivity index (χ1) is 15.2. The van der Waals surface area contributed by atoms with Crippen molar-refractivity contribution in [3.05, 3.63) is 69.6 Å². The van der Waals surface area contributed by atoms with Crippen LogP contribution >= 0.6 is 11.3 Å². The van der Waals surface area contributed by atoms with Gasteiger partial charge in [0.05, 0.1) is 17.3 Å². The van der Waals surface area contributed by atoms with Crippen molar-refractivity contribution in [1.82, 2.24) is 14.9 Å². The second-order valence-electron chi connectivity index (χ2n) is 7.36. The molecule has 3 heterocycles. The lowest BCUT2D eigenvalue weighted by molar-refractivity contribution is 0.0955. The number of unbranched alkanes of at least 4 members (excludes halogenated alkanes) is 1. The quantitative estimate of drug-likeness (QED) is 0.445. The number of aryl methyl sites for hydroxylation is 1. The molecule has 0 aliphatic carbocycles. The third-order valence-corrected chi connectivity index (χ3v) is 6.53. The Morgan fingerprint density at radius 3 is 2.81 bits per heavy atom. The van der Waals surface area contributed by atoms with Crippen LogP contribution in [0.4, 0.5) is 0 Å². The highest BCUT2D eigenvalue weighted by molar-refractivity contribution is 7.22. The predicted molar refractivity (Wildman–Crippen MR) is 125 cm³/mol. The van der Waals surface area contributed by atoms with Crippen molar-refractivity contribution < 1.29 is 9.53 Å². The molecule has 1 amide bonds. The molecule has 4 rings (SSSR count). The third kappa shape index (κ3) is 4.05. The first-order valence-electron chi connectivity index (χ1n) is 10.4. The van der Waals surface area contributed by atoms with Crippen LogP contribution in [0.3, 0.4) is 0 Å². The molecule has 0 bridgehead atoms. The molecule has 0 unspecified atom stereocenters. The second-order valence-corrected chi connectivity index (χ2v) is 8.38. The van der Waals surface area contributed by atoms with Crippen LogP contribution in [0.25, 0.3) is 21.0 Å². The molecule has 7 heteroatoms. The fourth-order valence-electron chi connectivity index (χ4n) is 3.77. The highest BCUT2D eigenvalue weighted by atomic mass is 32.1. The zero-order valence-electron chi connectivity index (χ0n) is 17.7. The van der Waals surface area contributed by atoms with Crippen LogP contribution in [0.1, 0.15) is 35.0 Å². The lowest BCUT2D eigenvalue weighted by Gasteiger charge is -2.11.